The molecular formula is C13H28O3Si. The van der Waals surface area contributed by atoms with Gasteiger partial charge in [0.05, 0.1) is 14.7 Å². The first-order valence-electron chi connectivity index (χ1n) is 6.44. The van der Waals surface area contributed by atoms with Crippen molar-refractivity contribution in [1.29, 1.82) is 0 Å². The first kappa shape index (κ1) is 16.8. The monoisotopic (exact) mass is 260 g/mol. The molecular weight excluding hydrogens is 232 g/mol. The van der Waals surface area contributed by atoms with Crippen LogP contribution in [0.5, 0.6) is 0 Å². The highest BCUT2D eigenvalue weighted by molar-refractivity contribution is 6.77. The highest BCUT2D eigenvalue weighted by Crippen LogP contribution is 2.08. The second kappa shape index (κ2) is 9.83. The molecule has 17 heavy (non-hydrogen) atoms. The zero-order valence-corrected chi connectivity index (χ0v) is 12.9. The summed E-state index contributed by atoms with van der Waals surface area (Å²) in [5.41, 5.74) is 0.972. The van der Waals surface area contributed by atoms with E-state index in [1.807, 2.05) is 6.92 Å². The van der Waals surface area contributed by atoms with Crippen LogP contribution >= 0.6 is 0 Å². The van der Waals surface area contributed by atoms with Crippen LogP contribution in [-0.2, 0) is 14.5 Å². The lowest BCUT2D eigenvalue weighted by Gasteiger charge is -2.19. The molecule has 0 radical (unpaired) electrons. The van der Waals surface area contributed by atoms with E-state index in [2.05, 4.69) is 26.6 Å². The smallest absolute Gasteiger partial charge is 0.103 e. The molecule has 0 saturated carbocycles. The van der Waals surface area contributed by atoms with Gasteiger partial charge in [0.25, 0.3) is 0 Å². The maximum Gasteiger partial charge on any atom is 0.103 e. The van der Waals surface area contributed by atoms with Crippen molar-refractivity contribution in [3.8, 4) is 0 Å². The van der Waals surface area contributed by atoms with Crippen molar-refractivity contribution in [3.63, 3.8) is 0 Å². The van der Waals surface area contributed by atoms with Crippen molar-refractivity contribution in [3.05, 3.63) is 12.2 Å². The van der Waals surface area contributed by atoms with Crippen LogP contribution in [0.4, 0.5) is 0 Å². The lowest BCUT2D eigenvalue weighted by molar-refractivity contribution is -0.288. The average molecular weight is 260 g/mol. The summed E-state index contributed by atoms with van der Waals surface area (Å²) in [6.07, 6.45) is 2.98. The summed E-state index contributed by atoms with van der Waals surface area (Å²) in [7, 11) is -1.06. The van der Waals surface area contributed by atoms with E-state index in [1.54, 1.807) is 0 Å². The van der Waals surface area contributed by atoms with Crippen molar-refractivity contribution < 1.29 is 14.5 Å². The van der Waals surface area contributed by atoms with Crippen LogP contribution in [0.2, 0.25) is 19.1 Å². The van der Waals surface area contributed by atoms with Gasteiger partial charge in [0.1, 0.15) is 6.61 Å². The van der Waals surface area contributed by atoms with E-state index < -0.39 is 8.07 Å². The van der Waals surface area contributed by atoms with E-state index in [0.29, 0.717) is 13.2 Å². The molecule has 102 valence electrons. The zero-order valence-electron chi connectivity index (χ0n) is 11.9. The third-order valence-corrected chi connectivity index (χ3v) is 5.50. The Bertz CT molecular complexity index is 205. The highest BCUT2D eigenvalue weighted by Gasteiger charge is 2.17. The summed E-state index contributed by atoms with van der Waals surface area (Å²) in [5.74, 6) is 0. The summed E-state index contributed by atoms with van der Waals surface area (Å²) >= 11 is 0. The topological polar surface area (TPSA) is 27.7 Å². The van der Waals surface area contributed by atoms with E-state index in [9.17, 15) is 0 Å². The largest absolute Gasteiger partial charge is 0.385 e. The summed E-state index contributed by atoms with van der Waals surface area (Å²) in [6, 6.07) is 1.28. The lowest BCUT2D eigenvalue weighted by Crippen LogP contribution is -2.31. The number of unbranched alkanes of at least 4 members (excludes halogenated alkanes) is 1. The second-order valence-electron chi connectivity index (χ2n) is 5.32. The minimum Gasteiger partial charge on any atom is -0.385 e. The van der Waals surface area contributed by atoms with Crippen LogP contribution in [0.15, 0.2) is 12.2 Å². The molecule has 0 heterocycles. The molecule has 0 aliphatic rings. The molecule has 0 atom stereocenters. The van der Waals surface area contributed by atoms with Crippen LogP contribution in [0.1, 0.15) is 26.7 Å². The van der Waals surface area contributed by atoms with Crippen molar-refractivity contribution in [2.45, 2.75) is 45.8 Å². The van der Waals surface area contributed by atoms with Crippen LogP contribution in [0.3, 0.4) is 0 Å². The molecule has 0 aromatic rings. The lowest BCUT2D eigenvalue weighted by atomic mass is 10.3. The SMILES string of the molecule is C=C(C)COOCCCCOC[Si](C)(C)CC. The summed E-state index contributed by atoms with van der Waals surface area (Å²) < 4.78 is 5.69. The van der Waals surface area contributed by atoms with Crippen molar-refractivity contribution in [1.82, 2.24) is 0 Å². The van der Waals surface area contributed by atoms with Gasteiger partial charge in [-0.1, -0.05) is 38.2 Å². The Balaban J connectivity index is 3.16. The molecule has 0 saturated heterocycles. The van der Waals surface area contributed by atoms with Crippen LogP contribution < -0.4 is 0 Å². The van der Waals surface area contributed by atoms with Gasteiger partial charge in [0, 0.05) is 12.8 Å². The van der Waals surface area contributed by atoms with Gasteiger partial charge in [-0.15, -0.1) is 0 Å². The second-order valence-corrected chi connectivity index (χ2v) is 10.6. The Morgan fingerprint density at radius 1 is 1.12 bits per heavy atom. The first-order valence-corrected chi connectivity index (χ1v) is 9.86. The fraction of sp³-hybridized carbons (Fsp3) is 0.846. The van der Waals surface area contributed by atoms with Gasteiger partial charge >= 0.3 is 0 Å². The normalized spacial score (nSPS) is 11.8. The van der Waals surface area contributed by atoms with Crippen molar-refractivity contribution in [2.75, 3.05) is 26.1 Å². The fourth-order valence-electron chi connectivity index (χ4n) is 1.02. The van der Waals surface area contributed by atoms with Gasteiger partial charge in [-0.3, -0.25) is 0 Å². The number of hydrogen-bond acceptors (Lipinski definition) is 3. The molecule has 0 rings (SSSR count). The standard InChI is InChI=1S/C13H28O3Si/c1-6-17(4,5)12-14-9-7-8-10-15-16-11-13(2)3/h2,6-12H2,1,3-5H3. The average Bonchev–Trinajstić information content (AvgIpc) is 2.26. The van der Waals surface area contributed by atoms with E-state index in [0.717, 1.165) is 31.3 Å². The Kier molecular flexibility index (Phi) is 9.73. The Morgan fingerprint density at radius 3 is 2.35 bits per heavy atom. The Hall–Kier alpha value is -0.163. The maximum atomic E-state index is 5.69. The fourth-order valence-corrected chi connectivity index (χ4v) is 1.92. The van der Waals surface area contributed by atoms with E-state index in [-0.39, 0.29) is 0 Å². The van der Waals surface area contributed by atoms with Crippen LogP contribution in [0, 0.1) is 0 Å². The Morgan fingerprint density at radius 2 is 1.76 bits per heavy atom. The van der Waals surface area contributed by atoms with Gasteiger partial charge in [-0.05, 0) is 19.8 Å². The molecule has 0 N–H and O–H groups in total. The molecule has 0 bridgehead atoms. The van der Waals surface area contributed by atoms with E-state index >= 15 is 0 Å². The number of ether oxygens (including phenoxy) is 1. The Labute approximate surface area is 107 Å². The highest BCUT2D eigenvalue weighted by atomic mass is 28.3. The quantitative estimate of drug-likeness (QED) is 0.187. The van der Waals surface area contributed by atoms with E-state index in [4.69, 9.17) is 14.5 Å². The third kappa shape index (κ3) is 12.1. The molecule has 0 aliphatic carbocycles. The minimum atomic E-state index is -1.06. The van der Waals surface area contributed by atoms with Gasteiger partial charge in [-0.2, -0.15) is 0 Å². The molecule has 0 aromatic heterocycles. The summed E-state index contributed by atoms with van der Waals surface area (Å²) in [4.78, 5) is 9.95. The summed E-state index contributed by atoms with van der Waals surface area (Å²) in [5, 5.41) is 0. The number of rotatable bonds is 11. The number of hydrogen-bond donors (Lipinski definition) is 0. The van der Waals surface area contributed by atoms with Crippen molar-refractivity contribution >= 4 is 8.07 Å². The predicted molar refractivity (Wildman–Crippen MR) is 74.7 cm³/mol. The molecule has 3 nitrogen and oxygen atoms in total. The maximum absolute atomic E-state index is 5.69. The molecule has 0 aromatic carbocycles. The molecule has 0 aliphatic heterocycles. The van der Waals surface area contributed by atoms with Crippen LogP contribution in [-0.4, -0.2) is 34.1 Å². The summed E-state index contributed by atoms with van der Waals surface area (Å²) in [6.45, 7) is 14.6. The molecule has 0 fully saturated rings. The third-order valence-electron chi connectivity index (χ3n) is 2.60. The first-order chi connectivity index (χ1) is 7.98. The molecule has 4 heteroatoms. The van der Waals surface area contributed by atoms with Gasteiger partial charge in [-0.25, -0.2) is 9.78 Å². The predicted octanol–water partition coefficient (Wildman–Crippen LogP) is 3.58. The molecule has 0 spiro atoms. The zero-order chi connectivity index (χ0) is 13.1. The van der Waals surface area contributed by atoms with Gasteiger partial charge < -0.3 is 4.74 Å². The van der Waals surface area contributed by atoms with Crippen molar-refractivity contribution in [2.24, 2.45) is 0 Å². The van der Waals surface area contributed by atoms with Crippen LogP contribution in [0.25, 0.3) is 0 Å². The minimum absolute atomic E-state index is 0.479. The van der Waals surface area contributed by atoms with E-state index in [1.165, 1.54) is 6.04 Å². The molecule has 0 unspecified atom stereocenters. The molecule has 0 amide bonds. The van der Waals surface area contributed by atoms with Gasteiger partial charge in [0.2, 0.25) is 0 Å². The van der Waals surface area contributed by atoms with Gasteiger partial charge in [0.15, 0.2) is 0 Å².